The van der Waals surface area contributed by atoms with Crippen molar-refractivity contribution in [2.24, 2.45) is 0 Å². The van der Waals surface area contributed by atoms with Crippen LogP contribution in [0.1, 0.15) is 40.0 Å². The van der Waals surface area contributed by atoms with E-state index < -0.39 is 0 Å². The van der Waals surface area contributed by atoms with Crippen LogP contribution < -0.4 is 5.32 Å². The van der Waals surface area contributed by atoms with Gasteiger partial charge < -0.3 is 10.2 Å². The normalized spacial score (nSPS) is 22.4. The van der Waals surface area contributed by atoms with Crippen LogP contribution in [0.3, 0.4) is 0 Å². The lowest BCUT2D eigenvalue weighted by Crippen LogP contribution is -2.45. The molecular weight excluding hydrogens is 232 g/mol. The molecule has 0 bridgehead atoms. The first kappa shape index (κ1) is 14.8. The molecule has 3 nitrogen and oxygen atoms in total. The average molecular weight is 258 g/mol. The quantitative estimate of drug-likeness (QED) is 0.841. The van der Waals surface area contributed by atoms with E-state index in [1.807, 2.05) is 16.7 Å². The minimum absolute atomic E-state index is 0.0172. The SMILES string of the molecule is CSC1CCCN(C(=O)CNC(C)(C)C)CC1. The van der Waals surface area contributed by atoms with Gasteiger partial charge in [0.05, 0.1) is 6.54 Å². The molecule has 1 rings (SSSR count). The molecule has 17 heavy (non-hydrogen) atoms. The van der Waals surface area contributed by atoms with E-state index in [1.54, 1.807) is 0 Å². The van der Waals surface area contributed by atoms with Crippen LogP contribution >= 0.6 is 11.8 Å². The third-order valence-electron chi connectivity index (χ3n) is 3.13. The van der Waals surface area contributed by atoms with Crippen LogP contribution in [0.25, 0.3) is 0 Å². The predicted molar refractivity (Wildman–Crippen MR) is 75.5 cm³/mol. The molecule has 0 saturated carbocycles. The summed E-state index contributed by atoms with van der Waals surface area (Å²) in [4.78, 5) is 14.1. The van der Waals surface area contributed by atoms with Gasteiger partial charge in [-0.1, -0.05) is 0 Å². The van der Waals surface area contributed by atoms with Gasteiger partial charge in [-0.15, -0.1) is 0 Å². The first-order valence-corrected chi connectivity index (χ1v) is 7.77. The van der Waals surface area contributed by atoms with E-state index in [9.17, 15) is 4.79 Å². The van der Waals surface area contributed by atoms with Gasteiger partial charge in [-0.3, -0.25) is 4.79 Å². The predicted octanol–water partition coefficient (Wildman–Crippen LogP) is 2.12. The molecule has 0 radical (unpaired) electrons. The summed E-state index contributed by atoms with van der Waals surface area (Å²) in [6.45, 7) is 8.59. The monoisotopic (exact) mass is 258 g/mol. The van der Waals surface area contributed by atoms with Gasteiger partial charge in [0.15, 0.2) is 0 Å². The molecule has 1 heterocycles. The fourth-order valence-corrected chi connectivity index (χ4v) is 2.75. The van der Waals surface area contributed by atoms with Crippen LogP contribution in [0.15, 0.2) is 0 Å². The highest BCUT2D eigenvalue weighted by molar-refractivity contribution is 7.99. The second-order valence-electron chi connectivity index (χ2n) is 5.77. The van der Waals surface area contributed by atoms with Crippen molar-refractivity contribution < 1.29 is 4.79 Å². The minimum Gasteiger partial charge on any atom is -0.342 e. The maximum Gasteiger partial charge on any atom is 0.236 e. The van der Waals surface area contributed by atoms with Crippen LogP contribution in [0.4, 0.5) is 0 Å². The number of thioether (sulfide) groups is 1. The highest BCUT2D eigenvalue weighted by Gasteiger charge is 2.21. The summed E-state index contributed by atoms with van der Waals surface area (Å²) < 4.78 is 0. The molecule has 1 aliphatic heterocycles. The lowest BCUT2D eigenvalue weighted by Gasteiger charge is -2.25. The number of nitrogens with zero attached hydrogens (tertiary/aromatic N) is 1. The zero-order chi connectivity index (χ0) is 12.9. The van der Waals surface area contributed by atoms with Crippen molar-refractivity contribution in [3.05, 3.63) is 0 Å². The number of carbonyl (C=O) groups is 1. The highest BCUT2D eigenvalue weighted by Crippen LogP contribution is 2.21. The lowest BCUT2D eigenvalue weighted by molar-refractivity contribution is -0.130. The van der Waals surface area contributed by atoms with Crippen molar-refractivity contribution in [1.82, 2.24) is 10.2 Å². The Morgan fingerprint density at radius 2 is 2.06 bits per heavy atom. The van der Waals surface area contributed by atoms with Crippen molar-refractivity contribution in [3.8, 4) is 0 Å². The number of hydrogen-bond acceptors (Lipinski definition) is 3. The highest BCUT2D eigenvalue weighted by atomic mass is 32.2. The maximum atomic E-state index is 12.0. The van der Waals surface area contributed by atoms with Gasteiger partial charge in [0.2, 0.25) is 5.91 Å². The largest absolute Gasteiger partial charge is 0.342 e. The molecule has 0 aromatic rings. The number of rotatable bonds is 3. The zero-order valence-corrected chi connectivity index (χ0v) is 12.4. The van der Waals surface area contributed by atoms with Crippen molar-refractivity contribution in [3.63, 3.8) is 0 Å². The number of carbonyl (C=O) groups excluding carboxylic acids is 1. The third-order valence-corrected chi connectivity index (χ3v) is 4.27. The Balaban J connectivity index is 2.36. The average Bonchev–Trinajstić information content (AvgIpc) is 2.49. The summed E-state index contributed by atoms with van der Waals surface area (Å²) in [6, 6.07) is 0. The third kappa shape index (κ3) is 5.77. The first-order valence-electron chi connectivity index (χ1n) is 6.48. The number of likely N-dealkylation sites (tertiary alicyclic amines) is 1. The molecule has 0 spiro atoms. The van der Waals surface area contributed by atoms with Crippen molar-refractivity contribution in [2.45, 2.75) is 50.8 Å². The van der Waals surface area contributed by atoms with E-state index >= 15 is 0 Å². The molecule has 0 aromatic heterocycles. The van der Waals surface area contributed by atoms with Gasteiger partial charge in [-0.05, 0) is 46.3 Å². The molecule has 1 saturated heterocycles. The standard InChI is InChI=1S/C13H26N2OS/c1-13(2,3)14-10-12(16)15-8-5-6-11(17-4)7-9-15/h11,14H,5-10H2,1-4H3. The van der Waals surface area contributed by atoms with Gasteiger partial charge in [0.1, 0.15) is 0 Å². The summed E-state index contributed by atoms with van der Waals surface area (Å²) in [6.07, 6.45) is 5.70. The number of hydrogen-bond donors (Lipinski definition) is 1. The van der Waals surface area contributed by atoms with E-state index in [1.165, 1.54) is 6.42 Å². The van der Waals surface area contributed by atoms with E-state index in [4.69, 9.17) is 0 Å². The smallest absolute Gasteiger partial charge is 0.236 e. The molecule has 1 aliphatic rings. The first-order chi connectivity index (χ1) is 7.92. The summed E-state index contributed by atoms with van der Waals surface area (Å²) in [5.74, 6) is 0.252. The number of nitrogens with one attached hydrogen (secondary N) is 1. The molecule has 1 amide bonds. The maximum absolute atomic E-state index is 12.0. The molecule has 0 aromatic carbocycles. The Kier molecular flexibility index (Phi) is 5.80. The molecular formula is C13H26N2OS. The fraction of sp³-hybridized carbons (Fsp3) is 0.923. The Labute approximate surface area is 110 Å². The van der Waals surface area contributed by atoms with E-state index in [-0.39, 0.29) is 11.4 Å². The van der Waals surface area contributed by atoms with Crippen molar-refractivity contribution in [2.75, 3.05) is 25.9 Å². The molecule has 1 N–H and O–H groups in total. The molecule has 4 heteroatoms. The number of amides is 1. The topological polar surface area (TPSA) is 32.3 Å². The summed E-state index contributed by atoms with van der Waals surface area (Å²) in [5.41, 5.74) is 0.0172. The Morgan fingerprint density at radius 1 is 1.35 bits per heavy atom. The van der Waals surface area contributed by atoms with Gasteiger partial charge >= 0.3 is 0 Å². The molecule has 1 fully saturated rings. The van der Waals surface area contributed by atoms with Crippen LogP contribution in [0, 0.1) is 0 Å². The van der Waals surface area contributed by atoms with Gasteiger partial charge in [0, 0.05) is 23.9 Å². The second-order valence-corrected chi connectivity index (χ2v) is 6.91. The Morgan fingerprint density at radius 3 is 2.65 bits per heavy atom. The van der Waals surface area contributed by atoms with E-state index in [2.05, 4.69) is 32.3 Å². The van der Waals surface area contributed by atoms with Crippen LogP contribution in [0.5, 0.6) is 0 Å². The Bertz CT molecular complexity index is 250. The van der Waals surface area contributed by atoms with Gasteiger partial charge in [0.25, 0.3) is 0 Å². The molecule has 1 unspecified atom stereocenters. The molecule has 100 valence electrons. The summed E-state index contributed by atoms with van der Waals surface area (Å²) in [5, 5.41) is 4.01. The fourth-order valence-electron chi connectivity index (χ4n) is 2.00. The van der Waals surface area contributed by atoms with Gasteiger partial charge in [-0.2, -0.15) is 11.8 Å². The molecule has 0 aliphatic carbocycles. The Hall–Kier alpha value is -0.220. The molecule has 1 atom stereocenters. The van der Waals surface area contributed by atoms with Crippen LogP contribution in [-0.2, 0) is 4.79 Å². The van der Waals surface area contributed by atoms with E-state index in [0.29, 0.717) is 6.54 Å². The summed E-state index contributed by atoms with van der Waals surface area (Å²) >= 11 is 1.94. The summed E-state index contributed by atoms with van der Waals surface area (Å²) in [7, 11) is 0. The minimum atomic E-state index is 0.0172. The van der Waals surface area contributed by atoms with Crippen molar-refractivity contribution >= 4 is 17.7 Å². The van der Waals surface area contributed by atoms with Gasteiger partial charge in [-0.25, -0.2) is 0 Å². The lowest BCUT2D eigenvalue weighted by atomic mass is 10.1. The van der Waals surface area contributed by atoms with Crippen molar-refractivity contribution in [1.29, 1.82) is 0 Å². The van der Waals surface area contributed by atoms with Crippen LogP contribution in [-0.4, -0.2) is 47.5 Å². The second kappa shape index (κ2) is 6.64. The van der Waals surface area contributed by atoms with Crippen LogP contribution in [0.2, 0.25) is 0 Å². The van der Waals surface area contributed by atoms with E-state index in [0.717, 1.165) is 31.2 Å². The zero-order valence-electron chi connectivity index (χ0n) is 11.6.